The van der Waals surface area contributed by atoms with Crippen LogP contribution in [-0.2, 0) is 9.47 Å². The minimum atomic E-state index is -0.514. The first-order valence-corrected chi connectivity index (χ1v) is 14.0. The van der Waals surface area contributed by atoms with E-state index in [0.717, 1.165) is 63.4 Å². The van der Waals surface area contributed by atoms with Crippen molar-refractivity contribution in [2.24, 2.45) is 0 Å². The first-order chi connectivity index (χ1) is 16.7. The highest BCUT2D eigenvalue weighted by Crippen LogP contribution is 2.38. The Morgan fingerprint density at radius 1 is 0.667 bits per heavy atom. The van der Waals surface area contributed by atoms with Gasteiger partial charge in [-0.05, 0) is 133 Å². The normalized spacial score (nSPS) is 21.0. The number of ether oxygens (including phenoxy) is 2. The Hall–Kier alpha value is -1.45. The molecule has 0 bridgehead atoms. The molecule has 0 aromatic heterocycles. The molecule has 1 aliphatic rings. The zero-order chi connectivity index (χ0) is 27.4. The second kappa shape index (κ2) is 15.7. The lowest BCUT2D eigenvalue weighted by atomic mass is 9.95. The molecule has 1 saturated heterocycles. The minimum Gasteiger partial charge on any atom is -0.344 e. The van der Waals surface area contributed by atoms with Gasteiger partial charge in [0.25, 0.3) is 0 Å². The Morgan fingerprint density at radius 2 is 1.14 bits per heavy atom. The van der Waals surface area contributed by atoms with Gasteiger partial charge < -0.3 is 9.47 Å². The molecule has 0 aliphatic carbocycles. The molecule has 36 heavy (non-hydrogen) atoms. The van der Waals surface area contributed by atoms with Crippen molar-refractivity contribution < 1.29 is 13.9 Å². The maximum Gasteiger partial charge on any atom is 0.164 e. The summed E-state index contributed by atoms with van der Waals surface area (Å²) in [5.74, 6) is -0.458. The van der Waals surface area contributed by atoms with Gasteiger partial charge in [0.1, 0.15) is 0 Å². The molecule has 0 radical (unpaired) electrons. The third kappa shape index (κ3) is 13.7. The molecule has 0 saturated carbocycles. The van der Waals surface area contributed by atoms with Crippen molar-refractivity contribution in [2.45, 2.75) is 151 Å². The molecular weight excluding hydrogens is 447 g/mol. The summed E-state index contributed by atoms with van der Waals surface area (Å²) in [6, 6.07) is 0. The van der Waals surface area contributed by atoms with Crippen LogP contribution >= 0.6 is 0 Å². The lowest BCUT2D eigenvalue weighted by Gasteiger charge is -2.24. The van der Waals surface area contributed by atoms with Gasteiger partial charge in [0.05, 0.1) is 17.5 Å². The summed E-state index contributed by atoms with van der Waals surface area (Å²) in [7, 11) is 0. The van der Waals surface area contributed by atoms with Gasteiger partial charge in [0.2, 0.25) is 0 Å². The van der Waals surface area contributed by atoms with Crippen LogP contribution in [0.3, 0.4) is 0 Å². The predicted molar refractivity (Wildman–Crippen MR) is 155 cm³/mol. The minimum absolute atomic E-state index is 0.0561. The summed E-state index contributed by atoms with van der Waals surface area (Å²) in [6.07, 6.45) is 18.5. The second-order valence-electron chi connectivity index (χ2n) is 12.0. The van der Waals surface area contributed by atoms with E-state index in [0.29, 0.717) is 6.42 Å². The summed E-state index contributed by atoms with van der Waals surface area (Å²) in [6.45, 7) is 20.9. The van der Waals surface area contributed by atoms with Crippen LogP contribution < -0.4 is 0 Å². The summed E-state index contributed by atoms with van der Waals surface area (Å²) in [4.78, 5) is 0. The van der Waals surface area contributed by atoms with E-state index in [9.17, 15) is 4.39 Å². The molecule has 0 aromatic rings. The summed E-state index contributed by atoms with van der Waals surface area (Å²) >= 11 is 0. The Labute approximate surface area is 222 Å². The molecular formula is C33H55FO2. The van der Waals surface area contributed by atoms with Gasteiger partial charge in [-0.3, -0.25) is 0 Å². The SMILES string of the molecule is CC(C)=CCC/C(C)=C/CC/C(C)=C/CC/C(F)=C(\C)CC/C=C(\C)CC[C@H]1OC(C)(C)OC1(C)C. The zero-order valence-electron chi connectivity index (χ0n) is 25.2. The van der Waals surface area contributed by atoms with E-state index in [-0.39, 0.29) is 17.5 Å². The van der Waals surface area contributed by atoms with Crippen molar-refractivity contribution in [3.05, 3.63) is 58.0 Å². The van der Waals surface area contributed by atoms with Crippen LogP contribution in [0.25, 0.3) is 0 Å². The van der Waals surface area contributed by atoms with Crippen molar-refractivity contribution >= 4 is 0 Å². The Morgan fingerprint density at radius 3 is 1.64 bits per heavy atom. The molecule has 0 amide bonds. The quantitative estimate of drug-likeness (QED) is 0.207. The number of allylic oxidation sites excluding steroid dienone is 10. The molecule has 0 unspecified atom stereocenters. The van der Waals surface area contributed by atoms with E-state index in [1.807, 2.05) is 20.8 Å². The summed E-state index contributed by atoms with van der Waals surface area (Å²) < 4.78 is 26.7. The molecule has 206 valence electrons. The van der Waals surface area contributed by atoms with Gasteiger partial charge in [-0.15, -0.1) is 0 Å². The van der Waals surface area contributed by atoms with Crippen LogP contribution in [0, 0.1) is 0 Å². The molecule has 0 spiro atoms. The maximum atomic E-state index is 14.6. The van der Waals surface area contributed by atoms with Gasteiger partial charge in [0, 0.05) is 6.42 Å². The summed E-state index contributed by atoms with van der Waals surface area (Å²) in [5.41, 5.74) is 6.17. The van der Waals surface area contributed by atoms with E-state index >= 15 is 0 Å². The van der Waals surface area contributed by atoms with Gasteiger partial charge in [-0.25, -0.2) is 4.39 Å². The van der Waals surface area contributed by atoms with Crippen LogP contribution in [-0.4, -0.2) is 17.5 Å². The molecule has 1 heterocycles. The number of hydrogen-bond donors (Lipinski definition) is 0. The third-order valence-electron chi connectivity index (χ3n) is 6.97. The van der Waals surface area contributed by atoms with E-state index in [4.69, 9.17) is 9.47 Å². The highest BCUT2D eigenvalue weighted by molar-refractivity contribution is 5.10. The number of rotatable bonds is 15. The Balaban J connectivity index is 2.34. The smallest absolute Gasteiger partial charge is 0.164 e. The Kier molecular flexibility index (Phi) is 14.2. The second-order valence-corrected chi connectivity index (χ2v) is 12.0. The average Bonchev–Trinajstić information content (AvgIpc) is 2.97. The van der Waals surface area contributed by atoms with Crippen molar-refractivity contribution in [3.8, 4) is 0 Å². The van der Waals surface area contributed by atoms with E-state index < -0.39 is 5.79 Å². The highest BCUT2D eigenvalue weighted by Gasteiger charge is 2.46. The topological polar surface area (TPSA) is 18.5 Å². The van der Waals surface area contributed by atoms with Crippen molar-refractivity contribution in [1.82, 2.24) is 0 Å². The highest BCUT2D eigenvalue weighted by atomic mass is 19.1. The van der Waals surface area contributed by atoms with Crippen molar-refractivity contribution in [2.75, 3.05) is 0 Å². The maximum absolute atomic E-state index is 14.6. The van der Waals surface area contributed by atoms with Crippen molar-refractivity contribution in [3.63, 3.8) is 0 Å². The fourth-order valence-electron chi connectivity index (χ4n) is 4.74. The largest absolute Gasteiger partial charge is 0.344 e. The lowest BCUT2D eigenvalue weighted by molar-refractivity contribution is -0.157. The van der Waals surface area contributed by atoms with Gasteiger partial charge in [-0.1, -0.05) is 46.6 Å². The molecule has 3 heteroatoms. The van der Waals surface area contributed by atoms with Crippen LogP contribution in [0.15, 0.2) is 58.0 Å². The monoisotopic (exact) mass is 502 g/mol. The van der Waals surface area contributed by atoms with E-state index in [2.05, 4.69) is 72.8 Å². The molecule has 1 rings (SSSR count). The molecule has 1 aliphatic heterocycles. The van der Waals surface area contributed by atoms with Crippen LogP contribution in [0.5, 0.6) is 0 Å². The average molecular weight is 503 g/mol. The lowest BCUT2D eigenvalue weighted by Crippen LogP contribution is -2.33. The number of halogens is 1. The van der Waals surface area contributed by atoms with Crippen LogP contribution in [0.1, 0.15) is 133 Å². The number of hydrogen-bond acceptors (Lipinski definition) is 2. The van der Waals surface area contributed by atoms with Gasteiger partial charge in [-0.2, -0.15) is 0 Å². The van der Waals surface area contributed by atoms with Crippen LogP contribution in [0.2, 0.25) is 0 Å². The van der Waals surface area contributed by atoms with Crippen molar-refractivity contribution in [1.29, 1.82) is 0 Å². The van der Waals surface area contributed by atoms with E-state index in [1.54, 1.807) is 0 Å². The van der Waals surface area contributed by atoms with Gasteiger partial charge in [0.15, 0.2) is 5.79 Å². The van der Waals surface area contributed by atoms with Crippen LogP contribution in [0.4, 0.5) is 4.39 Å². The van der Waals surface area contributed by atoms with E-state index in [1.165, 1.54) is 22.3 Å². The fourth-order valence-corrected chi connectivity index (χ4v) is 4.74. The summed E-state index contributed by atoms with van der Waals surface area (Å²) in [5, 5.41) is 0. The first kappa shape index (κ1) is 32.6. The molecule has 0 N–H and O–H groups in total. The fraction of sp³-hybridized carbons (Fsp3) is 0.697. The zero-order valence-corrected chi connectivity index (χ0v) is 25.2. The molecule has 1 fully saturated rings. The first-order valence-electron chi connectivity index (χ1n) is 14.0. The molecule has 1 atom stereocenters. The standard InChI is InChI=1S/C33H55FO2/c1-25(2)15-11-16-26(3)17-12-18-27(4)20-14-22-30(34)29(6)21-13-19-28(5)23-24-31-32(7,8)36-33(9,10)35-31/h15,17,19-20,31H,11-14,16,18,21-24H2,1-10H3/b26-17+,27-20+,28-19+,30-29-/t31-/m1/s1. The third-order valence-corrected chi connectivity index (χ3v) is 6.97. The molecule has 0 aromatic carbocycles. The predicted octanol–water partition coefficient (Wildman–Crippen LogP) is 10.9. The molecule has 2 nitrogen and oxygen atoms in total. The van der Waals surface area contributed by atoms with Gasteiger partial charge >= 0.3 is 0 Å². The Bertz CT molecular complexity index is 832.